The predicted molar refractivity (Wildman–Crippen MR) is 118 cm³/mol. The number of nitrogens with zero attached hydrogens (tertiary/aromatic N) is 2. The third-order valence-corrected chi connectivity index (χ3v) is 5.41. The van der Waals surface area contributed by atoms with Gasteiger partial charge in [-0.1, -0.05) is 55.4 Å². The molecule has 0 aromatic heterocycles. The minimum atomic E-state index is -0.189. The Hall–Kier alpha value is -2.80. The molecule has 7 heteroatoms. The van der Waals surface area contributed by atoms with Gasteiger partial charge in [-0.05, 0) is 42.2 Å². The summed E-state index contributed by atoms with van der Waals surface area (Å²) in [6.45, 7) is 2.78. The molecule has 1 unspecified atom stereocenters. The van der Waals surface area contributed by atoms with E-state index in [0.29, 0.717) is 29.7 Å². The summed E-state index contributed by atoms with van der Waals surface area (Å²) in [7, 11) is 1.61. The Morgan fingerprint density at radius 2 is 2.00 bits per heavy atom. The molecular weight excluding hydrogens is 386 g/mol. The molecule has 1 atom stereocenters. The highest BCUT2D eigenvalue weighted by Crippen LogP contribution is 2.28. The summed E-state index contributed by atoms with van der Waals surface area (Å²) in [4.78, 5) is 12.2. The molecule has 0 saturated carbocycles. The van der Waals surface area contributed by atoms with Gasteiger partial charge in [0, 0.05) is 0 Å². The molecule has 152 valence electrons. The van der Waals surface area contributed by atoms with E-state index in [1.54, 1.807) is 13.3 Å². The third kappa shape index (κ3) is 6.09. The van der Waals surface area contributed by atoms with Gasteiger partial charge in [0.25, 0.3) is 0 Å². The number of amidine groups is 1. The fourth-order valence-electron chi connectivity index (χ4n) is 2.77. The van der Waals surface area contributed by atoms with Crippen LogP contribution in [0.15, 0.2) is 58.7 Å². The molecule has 0 spiro atoms. The Morgan fingerprint density at radius 1 is 1.17 bits per heavy atom. The molecule has 29 heavy (non-hydrogen) atoms. The van der Waals surface area contributed by atoms with Crippen molar-refractivity contribution in [3.8, 4) is 11.5 Å². The molecule has 1 aliphatic rings. The second-order valence-corrected chi connectivity index (χ2v) is 7.74. The van der Waals surface area contributed by atoms with Gasteiger partial charge in [0.2, 0.25) is 5.91 Å². The number of hydrogen-bond acceptors (Lipinski definition) is 6. The van der Waals surface area contributed by atoms with E-state index in [4.69, 9.17) is 9.47 Å². The average molecular weight is 412 g/mol. The Balaban J connectivity index is 1.60. The zero-order valence-corrected chi connectivity index (χ0v) is 17.4. The predicted octanol–water partition coefficient (Wildman–Crippen LogP) is 4.04. The molecule has 1 N–H and O–H groups in total. The first-order valence-corrected chi connectivity index (χ1v) is 10.5. The van der Waals surface area contributed by atoms with Gasteiger partial charge in [-0.3, -0.25) is 4.79 Å². The summed E-state index contributed by atoms with van der Waals surface area (Å²) in [5, 5.41) is 11.4. The van der Waals surface area contributed by atoms with Gasteiger partial charge in [0.1, 0.15) is 0 Å². The van der Waals surface area contributed by atoms with Crippen molar-refractivity contribution in [3.63, 3.8) is 0 Å². The largest absolute Gasteiger partial charge is 0.493 e. The van der Waals surface area contributed by atoms with Crippen LogP contribution in [0.5, 0.6) is 11.5 Å². The van der Waals surface area contributed by atoms with Gasteiger partial charge in [0.05, 0.1) is 25.2 Å². The minimum absolute atomic E-state index is 0.0388. The maximum Gasteiger partial charge on any atom is 0.239 e. The fourth-order valence-corrected chi connectivity index (χ4v) is 3.74. The maximum absolute atomic E-state index is 12.2. The first-order chi connectivity index (χ1) is 14.2. The number of ether oxygens (including phenoxy) is 2. The van der Waals surface area contributed by atoms with E-state index in [1.807, 2.05) is 48.5 Å². The van der Waals surface area contributed by atoms with Crippen molar-refractivity contribution in [1.29, 1.82) is 0 Å². The number of hydrogen-bond donors (Lipinski definition) is 1. The molecule has 2 aromatic carbocycles. The van der Waals surface area contributed by atoms with E-state index in [1.165, 1.54) is 11.8 Å². The van der Waals surface area contributed by atoms with Crippen LogP contribution < -0.4 is 14.8 Å². The molecular formula is C22H25N3O3S. The van der Waals surface area contributed by atoms with E-state index in [-0.39, 0.29) is 11.2 Å². The second-order valence-electron chi connectivity index (χ2n) is 6.55. The van der Waals surface area contributed by atoms with Gasteiger partial charge < -0.3 is 14.8 Å². The lowest BCUT2D eigenvalue weighted by Crippen LogP contribution is -2.25. The molecule has 1 fully saturated rings. The molecule has 1 aliphatic heterocycles. The molecule has 3 rings (SSSR count). The SMILES string of the molecule is CCCCOc1ccc(/C=N/N=C2\NC(=O)C(Cc3ccccc3)S2)cc1OC. The highest BCUT2D eigenvalue weighted by molar-refractivity contribution is 8.15. The van der Waals surface area contributed by atoms with E-state index in [2.05, 4.69) is 22.4 Å². The zero-order valence-electron chi connectivity index (χ0n) is 16.6. The fraction of sp³-hybridized carbons (Fsp3) is 0.318. The number of unbranched alkanes of at least 4 members (excludes halogenated alkanes) is 1. The Labute approximate surface area is 175 Å². The lowest BCUT2D eigenvalue weighted by molar-refractivity contribution is -0.118. The number of amides is 1. The number of rotatable bonds is 9. The van der Waals surface area contributed by atoms with Crippen LogP contribution >= 0.6 is 11.8 Å². The van der Waals surface area contributed by atoms with Gasteiger partial charge >= 0.3 is 0 Å². The van der Waals surface area contributed by atoms with Crippen LogP contribution in [-0.4, -0.2) is 36.3 Å². The van der Waals surface area contributed by atoms with Gasteiger partial charge in [-0.25, -0.2) is 0 Å². The Bertz CT molecular complexity index is 884. The Kier molecular flexibility index (Phi) is 7.69. The number of thioether (sulfide) groups is 1. The number of nitrogens with one attached hydrogen (secondary N) is 1. The van der Waals surface area contributed by atoms with Gasteiger partial charge in [-0.2, -0.15) is 5.10 Å². The van der Waals surface area contributed by atoms with Crippen molar-refractivity contribution in [2.45, 2.75) is 31.4 Å². The van der Waals surface area contributed by atoms with E-state index >= 15 is 0 Å². The molecule has 0 radical (unpaired) electrons. The van der Waals surface area contributed by atoms with Crippen molar-refractivity contribution in [2.75, 3.05) is 13.7 Å². The minimum Gasteiger partial charge on any atom is -0.493 e. The Morgan fingerprint density at radius 3 is 2.76 bits per heavy atom. The van der Waals surface area contributed by atoms with Crippen LogP contribution in [-0.2, 0) is 11.2 Å². The van der Waals surface area contributed by atoms with E-state index in [9.17, 15) is 4.79 Å². The van der Waals surface area contributed by atoms with Crippen molar-refractivity contribution in [2.24, 2.45) is 10.2 Å². The number of carbonyl (C=O) groups excluding carboxylic acids is 1. The van der Waals surface area contributed by atoms with Crippen molar-refractivity contribution < 1.29 is 14.3 Å². The number of carbonyl (C=O) groups is 1. The monoisotopic (exact) mass is 411 g/mol. The van der Waals surface area contributed by atoms with Gasteiger partial charge in [-0.15, -0.1) is 5.10 Å². The molecule has 0 bridgehead atoms. The lowest BCUT2D eigenvalue weighted by atomic mass is 10.1. The summed E-state index contributed by atoms with van der Waals surface area (Å²) in [5.41, 5.74) is 1.96. The molecule has 1 heterocycles. The van der Waals surface area contributed by atoms with Crippen LogP contribution in [0.3, 0.4) is 0 Å². The van der Waals surface area contributed by atoms with Gasteiger partial charge in [0.15, 0.2) is 16.7 Å². The van der Waals surface area contributed by atoms with Crippen molar-refractivity contribution in [3.05, 3.63) is 59.7 Å². The molecule has 2 aromatic rings. The number of methoxy groups -OCH3 is 1. The topological polar surface area (TPSA) is 72.3 Å². The first-order valence-electron chi connectivity index (χ1n) is 9.63. The van der Waals surface area contributed by atoms with Crippen LogP contribution in [0.2, 0.25) is 0 Å². The maximum atomic E-state index is 12.2. The lowest BCUT2D eigenvalue weighted by Gasteiger charge is -2.10. The standard InChI is InChI=1S/C22H25N3O3S/c1-3-4-12-28-18-11-10-17(13-19(18)27-2)15-23-25-22-24-21(26)20(29-22)14-16-8-6-5-7-9-16/h5-11,13,15,20H,3-4,12,14H2,1-2H3,(H,24,25,26)/b23-15+. The van der Waals surface area contributed by atoms with Crippen molar-refractivity contribution >= 4 is 29.1 Å². The first kappa shape index (κ1) is 20.9. The molecule has 1 saturated heterocycles. The number of benzene rings is 2. The quantitative estimate of drug-likeness (QED) is 0.384. The highest BCUT2D eigenvalue weighted by Gasteiger charge is 2.30. The zero-order chi connectivity index (χ0) is 20.5. The average Bonchev–Trinajstić information content (AvgIpc) is 3.08. The van der Waals surface area contributed by atoms with E-state index in [0.717, 1.165) is 24.0 Å². The molecule has 0 aliphatic carbocycles. The van der Waals surface area contributed by atoms with Crippen LogP contribution in [0.1, 0.15) is 30.9 Å². The molecule has 6 nitrogen and oxygen atoms in total. The summed E-state index contributed by atoms with van der Waals surface area (Å²) in [6.07, 6.45) is 4.37. The summed E-state index contributed by atoms with van der Waals surface area (Å²) >= 11 is 1.40. The van der Waals surface area contributed by atoms with Crippen LogP contribution in [0.4, 0.5) is 0 Å². The summed E-state index contributed by atoms with van der Waals surface area (Å²) < 4.78 is 11.1. The smallest absolute Gasteiger partial charge is 0.239 e. The summed E-state index contributed by atoms with van der Waals surface area (Å²) in [6, 6.07) is 15.6. The highest BCUT2D eigenvalue weighted by atomic mass is 32.2. The molecule has 1 amide bonds. The van der Waals surface area contributed by atoms with E-state index < -0.39 is 0 Å². The van der Waals surface area contributed by atoms with Crippen LogP contribution in [0.25, 0.3) is 0 Å². The normalized spacial score (nSPS) is 17.7. The second kappa shape index (κ2) is 10.7. The van der Waals surface area contributed by atoms with Crippen molar-refractivity contribution in [1.82, 2.24) is 5.32 Å². The van der Waals surface area contributed by atoms with Crippen LogP contribution in [0, 0.1) is 0 Å². The third-order valence-electron chi connectivity index (χ3n) is 4.34. The summed E-state index contributed by atoms with van der Waals surface area (Å²) in [5.74, 6) is 1.33.